The van der Waals surface area contributed by atoms with E-state index in [9.17, 15) is 0 Å². The fourth-order valence-electron chi connectivity index (χ4n) is 1.77. The number of ether oxygens (including phenoxy) is 1. The third-order valence-corrected chi connectivity index (χ3v) is 3.00. The van der Waals surface area contributed by atoms with Crippen molar-refractivity contribution in [1.82, 2.24) is 10.2 Å². The van der Waals surface area contributed by atoms with Gasteiger partial charge in [0.15, 0.2) is 11.7 Å². The normalized spacial score (nSPS) is 11.7. The number of hydrogen-bond acceptors (Lipinski definition) is 6. The Hall–Kier alpha value is -1.89. The van der Waals surface area contributed by atoms with Crippen molar-refractivity contribution >= 4 is 11.7 Å². The molecule has 0 atom stereocenters. The topological polar surface area (TPSA) is 96.9 Å². The maximum absolute atomic E-state index is 8.90. The first-order valence-electron chi connectivity index (χ1n) is 6.04. The molecule has 0 aromatic carbocycles. The molecule has 0 aliphatic carbocycles. The van der Waals surface area contributed by atoms with Crippen LogP contribution in [0, 0.1) is 13.8 Å². The molecule has 0 unspecified atom stereocenters. The minimum absolute atomic E-state index is 0.0455. The molecular weight excluding hydrogens is 246 g/mol. The molecule has 0 spiro atoms. The van der Waals surface area contributed by atoms with Crippen LogP contribution in [0.25, 0.3) is 0 Å². The lowest BCUT2D eigenvalue weighted by molar-refractivity contribution is 0.196. The molecule has 0 radical (unpaired) electrons. The molecule has 0 fully saturated rings. The highest BCUT2D eigenvalue weighted by Gasteiger charge is 2.18. The Morgan fingerprint density at radius 3 is 2.68 bits per heavy atom. The lowest BCUT2D eigenvalue weighted by Gasteiger charge is -2.21. The smallest absolute Gasteiger partial charge is 0.174 e. The van der Waals surface area contributed by atoms with Gasteiger partial charge in [0.25, 0.3) is 0 Å². The summed E-state index contributed by atoms with van der Waals surface area (Å²) in [5, 5.41) is 20.2. The Bertz CT molecular complexity index is 462. The Morgan fingerprint density at radius 2 is 2.11 bits per heavy atom. The number of nitrogens with two attached hydrogens (primary N) is 1. The number of aryl methyl sites for hydroxylation is 1. The first-order valence-corrected chi connectivity index (χ1v) is 6.04. The number of hydrogen-bond donors (Lipinski definition) is 2. The summed E-state index contributed by atoms with van der Waals surface area (Å²) >= 11 is 0. The molecule has 0 saturated heterocycles. The molecule has 7 heteroatoms. The third kappa shape index (κ3) is 3.54. The average Bonchev–Trinajstić information content (AvgIpc) is 2.41. The number of anilines is 1. The summed E-state index contributed by atoms with van der Waals surface area (Å²) in [6.45, 7) is 5.13. The third-order valence-electron chi connectivity index (χ3n) is 3.00. The molecule has 19 heavy (non-hydrogen) atoms. The minimum Gasteiger partial charge on any atom is -0.409 e. The van der Waals surface area contributed by atoms with Crippen LogP contribution in [0.2, 0.25) is 0 Å². The molecule has 0 saturated carbocycles. The number of rotatable bonds is 6. The molecule has 7 nitrogen and oxygen atoms in total. The summed E-state index contributed by atoms with van der Waals surface area (Å²) in [6, 6.07) is 0. The highest BCUT2D eigenvalue weighted by molar-refractivity contribution is 6.02. The number of aromatic nitrogens is 2. The molecule has 1 heterocycles. The summed E-state index contributed by atoms with van der Waals surface area (Å²) in [5.41, 5.74) is 7.98. The summed E-state index contributed by atoms with van der Waals surface area (Å²) in [7, 11) is 3.56. The Labute approximate surface area is 113 Å². The van der Waals surface area contributed by atoms with Crippen molar-refractivity contribution < 1.29 is 9.94 Å². The molecule has 3 N–H and O–H groups in total. The molecule has 106 valence electrons. The van der Waals surface area contributed by atoms with Gasteiger partial charge in [-0.2, -0.15) is 5.10 Å². The van der Waals surface area contributed by atoms with Crippen molar-refractivity contribution in [2.75, 3.05) is 32.2 Å². The SMILES string of the molecule is COCCCN(C)c1nnc(C)c(C)c1C(N)=NO. The zero-order valence-corrected chi connectivity index (χ0v) is 11.8. The van der Waals surface area contributed by atoms with Crippen LogP contribution in [0.3, 0.4) is 0 Å². The molecular formula is C12H21N5O2. The standard InChI is InChI=1S/C12H21N5O2/c1-8-9(2)14-15-12(10(8)11(13)16-18)17(3)6-5-7-19-4/h18H,5-7H2,1-4H3,(H2,13,16). The van der Waals surface area contributed by atoms with E-state index in [1.807, 2.05) is 25.8 Å². The van der Waals surface area contributed by atoms with Gasteiger partial charge in [0.1, 0.15) is 0 Å². The van der Waals surface area contributed by atoms with E-state index in [1.54, 1.807) is 7.11 Å². The van der Waals surface area contributed by atoms with Gasteiger partial charge in [0, 0.05) is 27.3 Å². The number of methoxy groups -OCH3 is 1. The van der Waals surface area contributed by atoms with Crippen molar-refractivity contribution in [3.05, 3.63) is 16.8 Å². The minimum atomic E-state index is 0.0455. The van der Waals surface area contributed by atoms with Crippen LogP contribution >= 0.6 is 0 Å². The van der Waals surface area contributed by atoms with E-state index in [2.05, 4.69) is 15.4 Å². The van der Waals surface area contributed by atoms with Crippen LogP contribution in [-0.4, -0.2) is 48.5 Å². The Morgan fingerprint density at radius 1 is 1.42 bits per heavy atom. The zero-order valence-electron chi connectivity index (χ0n) is 11.8. The summed E-state index contributed by atoms with van der Waals surface area (Å²) in [6.07, 6.45) is 0.858. The van der Waals surface area contributed by atoms with Gasteiger partial charge >= 0.3 is 0 Å². The van der Waals surface area contributed by atoms with Gasteiger partial charge in [-0.05, 0) is 25.8 Å². The summed E-state index contributed by atoms with van der Waals surface area (Å²) in [5.74, 6) is 0.651. The number of amidine groups is 1. The lowest BCUT2D eigenvalue weighted by atomic mass is 10.1. The van der Waals surface area contributed by atoms with E-state index >= 15 is 0 Å². The second kappa shape index (κ2) is 6.89. The summed E-state index contributed by atoms with van der Waals surface area (Å²) in [4.78, 5) is 1.92. The van der Waals surface area contributed by atoms with Gasteiger partial charge in [-0.15, -0.1) is 5.10 Å². The molecule has 0 amide bonds. The van der Waals surface area contributed by atoms with E-state index in [0.29, 0.717) is 18.0 Å². The largest absolute Gasteiger partial charge is 0.409 e. The maximum atomic E-state index is 8.90. The van der Waals surface area contributed by atoms with Crippen LogP contribution < -0.4 is 10.6 Å². The Balaban J connectivity index is 3.09. The van der Waals surface area contributed by atoms with Crippen LogP contribution in [0.15, 0.2) is 5.16 Å². The van der Waals surface area contributed by atoms with Gasteiger partial charge < -0.3 is 20.6 Å². The van der Waals surface area contributed by atoms with E-state index in [0.717, 1.165) is 24.2 Å². The highest BCUT2D eigenvalue weighted by Crippen LogP contribution is 2.21. The first-order chi connectivity index (χ1) is 9.02. The lowest BCUT2D eigenvalue weighted by Crippen LogP contribution is -2.27. The van der Waals surface area contributed by atoms with Crippen LogP contribution in [0.5, 0.6) is 0 Å². The van der Waals surface area contributed by atoms with Crippen molar-refractivity contribution in [3.63, 3.8) is 0 Å². The van der Waals surface area contributed by atoms with Crippen molar-refractivity contribution in [2.45, 2.75) is 20.3 Å². The molecule has 1 aromatic rings. The van der Waals surface area contributed by atoms with Gasteiger partial charge in [0.05, 0.1) is 11.3 Å². The fraction of sp³-hybridized carbons (Fsp3) is 0.583. The number of nitrogens with zero attached hydrogens (tertiary/aromatic N) is 4. The summed E-state index contributed by atoms with van der Waals surface area (Å²) < 4.78 is 5.02. The molecule has 0 bridgehead atoms. The Kier molecular flexibility index (Phi) is 5.50. The van der Waals surface area contributed by atoms with Gasteiger partial charge in [-0.1, -0.05) is 5.16 Å². The van der Waals surface area contributed by atoms with Crippen molar-refractivity contribution in [2.24, 2.45) is 10.9 Å². The van der Waals surface area contributed by atoms with Gasteiger partial charge in [-0.25, -0.2) is 0 Å². The highest BCUT2D eigenvalue weighted by atomic mass is 16.5. The second-order valence-electron chi connectivity index (χ2n) is 4.36. The predicted molar refractivity (Wildman–Crippen MR) is 73.8 cm³/mol. The monoisotopic (exact) mass is 267 g/mol. The van der Waals surface area contributed by atoms with Crippen molar-refractivity contribution in [1.29, 1.82) is 0 Å². The van der Waals surface area contributed by atoms with Crippen LogP contribution in [-0.2, 0) is 4.74 Å². The zero-order chi connectivity index (χ0) is 14.4. The van der Waals surface area contributed by atoms with E-state index in [-0.39, 0.29) is 5.84 Å². The average molecular weight is 267 g/mol. The predicted octanol–water partition coefficient (Wildman–Crippen LogP) is 0.661. The number of oxime groups is 1. The van der Waals surface area contributed by atoms with E-state index < -0.39 is 0 Å². The van der Waals surface area contributed by atoms with E-state index in [1.165, 1.54) is 0 Å². The molecule has 0 aliphatic rings. The fourth-order valence-corrected chi connectivity index (χ4v) is 1.77. The quantitative estimate of drug-likeness (QED) is 0.258. The molecule has 1 aromatic heterocycles. The van der Waals surface area contributed by atoms with Crippen LogP contribution in [0.4, 0.5) is 5.82 Å². The van der Waals surface area contributed by atoms with Crippen LogP contribution in [0.1, 0.15) is 23.2 Å². The molecule has 1 rings (SSSR count). The second-order valence-corrected chi connectivity index (χ2v) is 4.36. The van der Waals surface area contributed by atoms with E-state index in [4.69, 9.17) is 15.7 Å². The molecule has 0 aliphatic heterocycles. The van der Waals surface area contributed by atoms with Gasteiger partial charge in [-0.3, -0.25) is 0 Å². The maximum Gasteiger partial charge on any atom is 0.174 e. The van der Waals surface area contributed by atoms with Crippen molar-refractivity contribution in [3.8, 4) is 0 Å². The first kappa shape index (κ1) is 15.2. The van der Waals surface area contributed by atoms with Gasteiger partial charge in [0.2, 0.25) is 0 Å².